The quantitative estimate of drug-likeness (QED) is 0.688. The maximum atomic E-state index is 12.2. The van der Waals surface area contributed by atoms with Gasteiger partial charge in [-0.1, -0.05) is 0 Å². The summed E-state index contributed by atoms with van der Waals surface area (Å²) >= 11 is 0. The average molecular weight is 320 g/mol. The van der Waals surface area contributed by atoms with Crippen molar-refractivity contribution in [2.24, 2.45) is 5.92 Å². The maximum Gasteiger partial charge on any atom is 0.331 e. The van der Waals surface area contributed by atoms with E-state index in [9.17, 15) is 23.1 Å². The Labute approximate surface area is 123 Å². The lowest BCUT2D eigenvalue weighted by Crippen LogP contribution is -2.57. The number of hydrogen-bond donors (Lipinski definition) is 2. The zero-order chi connectivity index (χ0) is 15.7. The minimum absolute atomic E-state index is 0.0315. The highest BCUT2D eigenvalue weighted by Crippen LogP contribution is 2.23. The number of piperidine rings is 1. The molecule has 2 saturated heterocycles. The Bertz CT molecular complexity index is 518. The Balaban J connectivity index is 1.95. The number of carboxylic acids is 1. The molecular weight excluding hydrogens is 300 g/mol. The van der Waals surface area contributed by atoms with Gasteiger partial charge in [0.2, 0.25) is 15.9 Å². The maximum absolute atomic E-state index is 12.2. The summed E-state index contributed by atoms with van der Waals surface area (Å²) in [4.78, 5) is 23.6. The molecule has 0 aromatic carbocycles. The van der Waals surface area contributed by atoms with Crippen LogP contribution in [0.15, 0.2) is 0 Å². The van der Waals surface area contributed by atoms with E-state index in [1.54, 1.807) is 0 Å². The van der Waals surface area contributed by atoms with Crippen molar-refractivity contribution < 1.29 is 27.9 Å². The van der Waals surface area contributed by atoms with Gasteiger partial charge < -0.3 is 15.2 Å². The fourth-order valence-corrected chi connectivity index (χ4v) is 3.55. The minimum Gasteiger partial charge on any atom is -0.479 e. The zero-order valence-electron chi connectivity index (χ0n) is 11.9. The van der Waals surface area contributed by atoms with Gasteiger partial charge >= 0.3 is 5.97 Å². The number of nitrogens with zero attached hydrogens (tertiary/aromatic N) is 1. The van der Waals surface area contributed by atoms with Crippen molar-refractivity contribution in [3.05, 3.63) is 0 Å². The molecule has 8 nitrogen and oxygen atoms in total. The first-order chi connectivity index (χ1) is 9.74. The molecule has 0 radical (unpaired) electrons. The number of carbonyl (C=O) groups excluding carboxylic acids is 1. The van der Waals surface area contributed by atoms with Gasteiger partial charge in [0.1, 0.15) is 0 Å². The molecule has 9 heteroatoms. The van der Waals surface area contributed by atoms with Crippen molar-refractivity contribution in [3.63, 3.8) is 0 Å². The SMILES string of the molecule is CS(=O)(=O)N1CCC(C(=O)NC2(C(=O)O)CCOC2)CC1. The molecule has 1 unspecified atom stereocenters. The van der Waals surface area contributed by atoms with Gasteiger partial charge in [-0.15, -0.1) is 0 Å². The zero-order valence-corrected chi connectivity index (χ0v) is 12.7. The molecule has 2 aliphatic rings. The van der Waals surface area contributed by atoms with E-state index in [0.29, 0.717) is 19.4 Å². The molecule has 0 aliphatic carbocycles. The molecule has 0 saturated carbocycles. The van der Waals surface area contributed by atoms with Crippen LogP contribution >= 0.6 is 0 Å². The van der Waals surface area contributed by atoms with Crippen LogP contribution in [0.4, 0.5) is 0 Å². The topological polar surface area (TPSA) is 113 Å². The van der Waals surface area contributed by atoms with Gasteiger partial charge in [-0.25, -0.2) is 17.5 Å². The van der Waals surface area contributed by atoms with Crippen LogP contribution in [0.3, 0.4) is 0 Å². The third-order valence-corrected chi connectivity index (χ3v) is 5.39. The number of carbonyl (C=O) groups is 2. The number of nitrogens with one attached hydrogen (secondary N) is 1. The van der Waals surface area contributed by atoms with E-state index < -0.39 is 21.5 Å². The van der Waals surface area contributed by atoms with E-state index in [4.69, 9.17) is 4.74 Å². The number of amides is 1. The fourth-order valence-electron chi connectivity index (χ4n) is 2.67. The van der Waals surface area contributed by atoms with Gasteiger partial charge in [0.05, 0.1) is 12.9 Å². The summed E-state index contributed by atoms with van der Waals surface area (Å²) in [6.45, 7) is 0.844. The van der Waals surface area contributed by atoms with Crippen LogP contribution in [0.25, 0.3) is 0 Å². The molecule has 21 heavy (non-hydrogen) atoms. The van der Waals surface area contributed by atoms with Crippen LogP contribution in [0.5, 0.6) is 0 Å². The normalized spacial score (nSPS) is 28.4. The van der Waals surface area contributed by atoms with E-state index in [-0.39, 0.29) is 37.9 Å². The van der Waals surface area contributed by atoms with Crippen molar-refractivity contribution in [3.8, 4) is 0 Å². The Kier molecular flexibility index (Phi) is 4.54. The smallest absolute Gasteiger partial charge is 0.331 e. The average Bonchev–Trinajstić information content (AvgIpc) is 2.88. The van der Waals surface area contributed by atoms with E-state index in [2.05, 4.69) is 5.32 Å². The highest BCUT2D eigenvalue weighted by atomic mass is 32.2. The number of carboxylic acid groups (broad SMARTS) is 1. The van der Waals surface area contributed by atoms with Gasteiger partial charge in [-0.2, -0.15) is 0 Å². The Morgan fingerprint density at radius 3 is 2.38 bits per heavy atom. The predicted octanol–water partition coefficient (Wildman–Crippen LogP) is -0.982. The van der Waals surface area contributed by atoms with Crippen molar-refractivity contribution in [2.75, 3.05) is 32.6 Å². The van der Waals surface area contributed by atoms with Crippen LogP contribution in [-0.4, -0.2) is 67.8 Å². The van der Waals surface area contributed by atoms with E-state index >= 15 is 0 Å². The molecule has 2 N–H and O–H groups in total. The molecule has 2 fully saturated rings. The van der Waals surface area contributed by atoms with Crippen molar-refractivity contribution in [2.45, 2.75) is 24.8 Å². The molecule has 1 atom stereocenters. The lowest BCUT2D eigenvalue weighted by Gasteiger charge is -2.32. The van der Waals surface area contributed by atoms with E-state index in [1.807, 2.05) is 0 Å². The summed E-state index contributed by atoms with van der Waals surface area (Å²) in [5.41, 5.74) is -1.34. The molecule has 120 valence electrons. The first kappa shape index (κ1) is 16.2. The highest BCUT2D eigenvalue weighted by molar-refractivity contribution is 7.88. The van der Waals surface area contributed by atoms with Crippen LogP contribution in [-0.2, 0) is 24.3 Å². The van der Waals surface area contributed by atoms with Gasteiger partial charge in [-0.3, -0.25) is 4.79 Å². The number of hydrogen-bond acceptors (Lipinski definition) is 5. The van der Waals surface area contributed by atoms with Gasteiger partial charge in [0.15, 0.2) is 5.54 Å². The summed E-state index contributed by atoms with van der Waals surface area (Å²) < 4.78 is 29.3. The second-order valence-corrected chi connectivity index (χ2v) is 7.60. The molecule has 0 aromatic heterocycles. The molecular formula is C12H20N2O6S. The summed E-state index contributed by atoms with van der Waals surface area (Å²) in [5, 5.41) is 11.9. The van der Waals surface area contributed by atoms with E-state index in [0.717, 1.165) is 6.26 Å². The Hall–Kier alpha value is -1.19. The first-order valence-corrected chi connectivity index (χ1v) is 8.68. The van der Waals surface area contributed by atoms with Crippen molar-refractivity contribution >= 4 is 21.9 Å². The summed E-state index contributed by atoms with van der Waals surface area (Å²) in [6.07, 6.45) is 2.18. The Morgan fingerprint density at radius 2 is 1.95 bits per heavy atom. The van der Waals surface area contributed by atoms with Crippen LogP contribution in [0.1, 0.15) is 19.3 Å². The van der Waals surface area contributed by atoms with Crippen LogP contribution in [0, 0.1) is 5.92 Å². The third kappa shape index (κ3) is 3.53. The van der Waals surface area contributed by atoms with Crippen LogP contribution in [0.2, 0.25) is 0 Å². The lowest BCUT2D eigenvalue weighted by atomic mass is 9.93. The molecule has 0 spiro atoms. The van der Waals surface area contributed by atoms with Crippen molar-refractivity contribution in [1.82, 2.24) is 9.62 Å². The van der Waals surface area contributed by atoms with E-state index in [1.165, 1.54) is 4.31 Å². The minimum atomic E-state index is -3.24. The first-order valence-electron chi connectivity index (χ1n) is 6.83. The second-order valence-electron chi connectivity index (χ2n) is 5.62. The Morgan fingerprint density at radius 1 is 1.33 bits per heavy atom. The monoisotopic (exact) mass is 320 g/mol. The molecule has 0 aromatic rings. The second kappa shape index (κ2) is 5.90. The van der Waals surface area contributed by atoms with Gasteiger partial charge in [0.25, 0.3) is 0 Å². The van der Waals surface area contributed by atoms with Gasteiger partial charge in [-0.05, 0) is 12.8 Å². The number of aliphatic carboxylic acids is 1. The predicted molar refractivity (Wildman–Crippen MR) is 73.1 cm³/mol. The lowest BCUT2D eigenvalue weighted by molar-refractivity contribution is -0.148. The molecule has 2 aliphatic heterocycles. The fraction of sp³-hybridized carbons (Fsp3) is 0.833. The van der Waals surface area contributed by atoms with Gasteiger partial charge in [0, 0.05) is 32.0 Å². The molecule has 1 amide bonds. The van der Waals surface area contributed by atoms with Crippen molar-refractivity contribution in [1.29, 1.82) is 0 Å². The molecule has 2 rings (SSSR count). The number of rotatable bonds is 4. The summed E-state index contributed by atoms with van der Waals surface area (Å²) in [7, 11) is -3.24. The molecule has 0 bridgehead atoms. The molecule has 2 heterocycles. The van der Waals surface area contributed by atoms with Crippen LogP contribution < -0.4 is 5.32 Å². The number of ether oxygens (including phenoxy) is 1. The largest absolute Gasteiger partial charge is 0.479 e. The summed E-state index contributed by atoms with van der Waals surface area (Å²) in [6, 6.07) is 0. The number of sulfonamides is 1. The standard InChI is InChI=1S/C12H20N2O6S/c1-21(18,19)14-5-2-9(3-6-14)10(15)13-12(11(16)17)4-7-20-8-12/h9H,2-8H2,1H3,(H,13,15)(H,16,17). The highest BCUT2D eigenvalue weighted by Gasteiger charge is 2.45. The summed E-state index contributed by atoms with van der Waals surface area (Å²) in [5.74, 6) is -1.79. The third-order valence-electron chi connectivity index (χ3n) is 4.09.